The number of amides is 1. The van der Waals surface area contributed by atoms with Gasteiger partial charge < -0.3 is 9.67 Å². The molecule has 0 aliphatic carbocycles. The summed E-state index contributed by atoms with van der Waals surface area (Å²) < 4.78 is 2.20. The molecule has 4 rings (SSSR count). The van der Waals surface area contributed by atoms with E-state index in [1.54, 1.807) is 30.5 Å². The summed E-state index contributed by atoms with van der Waals surface area (Å²) in [6.45, 7) is 8.77. The second-order valence-corrected chi connectivity index (χ2v) is 7.33. The van der Waals surface area contributed by atoms with Gasteiger partial charge in [-0.05, 0) is 67.9 Å². The van der Waals surface area contributed by atoms with Gasteiger partial charge in [-0.2, -0.15) is 5.10 Å². The molecule has 2 N–H and O–H groups in total. The van der Waals surface area contributed by atoms with E-state index in [2.05, 4.69) is 65.3 Å². The average Bonchev–Trinajstić information content (AvgIpc) is 3.07. The molecule has 0 saturated carbocycles. The maximum absolute atomic E-state index is 12.3. The molecule has 0 radical (unpaired) electrons. The average molecular weight is 416 g/mol. The number of aromatic hydroxyl groups is 1. The molecule has 0 saturated heterocycles. The zero-order valence-electron chi connectivity index (χ0n) is 18.5. The number of hydrazone groups is 1. The first-order chi connectivity index (χ1) is 15.0. The number of carbonyl (C=O) groups excluding carboxylic acids is 1. The fourth-order valence-corrected chi connectivity index (χ4v) is 3.58. The number of rotatable bonds is 5. The van der Waals surface area contributed by atoms with Crippen LogP contribution < -0.4 is 5.43 Å². The van der Waals surface area contributed by atoms with Crippen molar-refractivity contribution >= 4 is 33.9 Å². The van der Waals surface area contributed by atoms with E-state index in [0.717, 1.165) is 16.6 Å². The van der Waals surface area contributed by atoms with Gasteiger partial charge in [-0.15, -0.1) is 0 Å². The third-order valence-electron chi connectivity index (χ3n) is 5.03. The van der Waals surface area contributed by atoms with Gasteiger partial charge in [0.05, 0.1) is 6.21 Å². The van der Waals surface area contributed by atoms with Crippen LogP contribution in [0.3, 0.4) is 0 Å². The number of fused-ring (bicyclic) bond motifs is 3. The van der Waals surface area contributed by atoms with Crippen LogP contribution in [0.15, 0.2) is 65.8 Å². The zero-order valence-corrected chi connectivity index (χ0v) is 18.5. The summed E-state index contributed by atoms with van der Waals surface area (Å²) in [5.41, 5.74) is 8.09. The molecule has 0 spiro atoms. The van der Waals surface area contributed by atoms with Crippen LogP contribution in [0.2, 0.25) is 0 Å². The number of benzene rings is 3. The molecule has 1 heterocycles. The quantitative estimate of drug-likeness (QED) is 0.325. The van der Waals surface area contributed by atoms with Crippen LogP contribution in [-0.4, -0.2) is 21.8 Å². The molecule has 1 amide bonds. The monoisotopic (exact) mass is 415 g/mol. The van der Waals surface area contributed by atoms with Gasteiger partial charge >= 0.3 is 0 Å². The highest BCUT2D eigenvalue weighted by molar-refractivity contribution is 6.08. The first-order valence-corrected chi connectivity index (χ1v) is 10.6. The lowest BCUT2D eigenvalue weighted by Crippen LogP contribution is -2.19. The fourth-order valence-electron chi connectivity index (χ4n) is 3.58. The Morgan fingerprint density at radius 1 is 0.935 bits per heavy atom. The molecule has 0 atom stereocenters. The van der Waals surface area contributed by atoms with Gasteiger partial charge in [0.1, 0.15) is 5.75 Å². The van der Waals surface area contributed by atoms with Crippen molar-refractivity contribution in [3.05, 3.63) is 77.4 Å². The molecule has 3 aromatic carbocycles. The first-order valence-electron chi connectivity index (χ1n) is 10.6. The second-order valence-electron chi connectivity index (χ2n) is 7.33. The van der Waals surface area contributed by atoms with E-state index in [-0.39, 0.29) is 11.7 Å². The van der Waals surface area contributed by atoms with E-state index in [0.29, 0.717) is 13.0 Å². The lowest BCUT2D eigenvalue weighted by molar-refractivity contribution is -0.121. The van der Waals surface area contributed by atoms with Crippen molar-refractivity contribution in [3.63, 3.8) is 0 Å². The van der Waals surface area contributed by atoms with Gasteiger partial charge in [-0.3, -0.25) is 4.79 Å². The number of nitrogens with zero attached hydrogens (tertiary/aromatic N) is 2. The highest BCUT2D eigenvalue weighted by Gasteiger charge is 2.12. The maximum Gasteiger partial charge on any atom is 0.241 e. The van der Waals surface area contributed by atoms with Crippen molar-refractivity contribution in [1.82, 2.24) is 9.99 Å². The van der Waals surface area contributed by atoms with Gasteiger partial charge in [-0.1, -0.05) is 37.1 Å². The van der Waals surface area contributed by atoms with E-state index < -0.39 is 0 Å². The Morgan fingerprint density at radius 3 is 2.03 bits per heavy atom. The van der Waals surface area contributed by atoms with Crippen LogP contribution in [0, 0.1) is 13.8 Å². The van der Waals surface area contributed by atoms with Gasteiger partial charge in [0.2, 0.25) is 5.91 Å². The number of aromatic nitrogens is 1. The van der Waals surface area contributed by atoms with Crippen LogP contribution in [0.25, 0.3) is 21.8 Å². The largest absolute Gasteiger partial charge is 0.508 e. The Bertz CT molecular complexity index is 1160. The van der Waals surface area contributed by atoms with E-state index in [1.165, 1.54) is 21.9 Å². The molecular weight excluding hydrogens is 386 g/mol. The molecule has 0 aliphatic rings. The van der Waals surface area contributed by atoms with Crippen molar-refractivity contribution in [3.8, 4) is 5.75 Å². The molecule has 0 bridgehead atoms. The van der Waals surface area contributed by atoms with Crippen molar-refractivity contribution < 1.29 is 9.90 Å². The highest BCUT2D eigenvalue weighted by Crippen LogP contribution is 2.30. The maximum atomic E-state index is 12.3. The molecule has 0 unspecified atom stereocenters. The summed E-state index contributed by atoms with van der Waals surface area (Å²) in [6, 6.07) is 19.5. The predicted octanol–water partition coefficient (Wildman–Crippen LogP) is 5.68. The number of aryl methyl sites for hydroxylation is 3. The molecule has 0 aliphatic heterocycles. The van der Waals surface area contributed by atoms with Crippen LogP contribution in [-0.2, 0) is 11.3 Å². The summed E-state index contributed by atoms with van der Waals surface area (Å²) >= 11 is 0. The summed E-state index contributed by atoms with van der Waals surface area (Å²) in [5.74, 6) is 0.0528. The smallest absolute Gasteiger partial charge is 0.241 e. The minimum absolute atomic E-state index is 0.144. The molecule has 160 valence electrons. The topological polar surface area (TPSA) is 66.6 Å². The minimum atomic E-state index is -0.144. The van der Waals surface area contributed by atoms with E-state index >= 15 is 0 Å². The number of phenols is 1. The van der Waals surface area contributed by atoms with Gasteiger partial charge in [0.15, 0.2) is 0 Å². The van der Waals surface area contributed by atoms with Crippen molar-refractivity contribution in [2.45, 2.75) is 40.7 Å². The van der Waals surface area contributed by atoms with Crippen molar-refractivity contribution in [2.75, 3.05) is 0 Å². The third kappa shape index (κ3) is 5.12. The summed E-state index contributed by atoms with van der Waals surface area (Å²) in [4.78, 5) is 12.3. The number of hydrogen-bond acceptors (Lipinski definition) is 3. The molecular formula is C26H29N3O2. The molecule has 0 fully saturated rings. The second kappa shape index (κ2) is 9.94. The number of phenolic OH excluding ortho intramolecular Hbond substituents is 1. The normalized spacial score (nSPS) is 11.0. The van der Waals surface area contributed by atoms with Crippen molar-refractivity contribution in [2.24, 2.45) is 5.10 Å². The Kier molecular flexibility index (Phi) is 7.08. The van der Waals surface area contributed by atoms with Gasteiger partial charge in [0, 0.05) is 34.8 Å². The van der Waals surface area contributed by atoms with E-state index in [9.17, 15) is 9.90 Å². The Labute approximate surface area is 183 Å². The Hall–Kier alpha value is -3.60. The minimum Gasteiger partial charge on any atom is -0.508 e. The van der Waals surface area contributed by atoms with Gasteiger partial charge in [0.25, 0.3) is 0 Å². The lowest BCUT2D eigenvalue weighted by atomic mass is 10.1. The molecule has 4 aromatic rings. The number of hydrogen-bond donors (Lipinski definition) is 2. The summed E-state index contributed by atoms with van der Waals surface area (Å²) in [5, 5.41) is 15.7. The first kappa shape index (κ1) is 22.1. The third-order valence-corrected chi connectivity index (χ3v) is 5.03. The fraction of sp³-hybridized carbons (Fsp3) is 0.231. The molecule has 5 heteroatoms. The Morgan fingerprint density at radius 2 is 1.48 bits per heavy atom. The SMILES string of the molecule is CC.Cc1ccc2c(c1)c1cc(C)ccc1n2CCC(=O)N/N=C/c1ccc(O)cc1. The molecule has 5 nitrogen and oxygen atoms in total. The van der Waals surface area contributed by atoms with Crippen LogP contribution in [0.4, 0.5) is 0 Å². The van der Waals surface area contributed by atoms with Crippen molar-refractivity contribution in [1.29, 1.82) is 0 Å². The number of nitrogens with one attached hydrogen (secondary N) is 1. The molecule has 1 aromatic heterocycles. The van der Waals surface area contributed by atoms with Crippen LogP contribution >= 0.6 is 0 Å². The lowest BCUT2D eigenvalue weighted by Gasteiger charge is -2.07. The van der Waals surface area contributed by atoms with Gasteiger partial charge in [-0.25, -0.2) is 5.43 Å². The summed E-state index contributed by atoms with van der Waals surface area (Å²) in [7, 11) is 0. The standard InChI is InChI=1S/C24H23N3O2.C2H6/c1-16-3-9-22-20(13-16)21-14-17(2)4-10-23(21)27(22)12-11-24(29)26-25-15-18-5-7-19(28)8-6-18;1-2/h3-10,13-15,28H,11-12H2,1-2H3,(H,26,29);1-2H3/b25-15+;. The van der Waals surface area contributed by atoms with Crippen LogP contribution in [0.5, 0.6) is 5.75 Å². The predicted molar refractivity (Wildman–Crippen MR) is 129 cm³/mol. The Balaban J connectivity index is 0.00000132. The van der Waals surface area contributed by atoms with Crippen LogP contribution in [0.1, 0.15) is 37.0 Å². The van der Waals surface area contributed by atoms with E-state index in [1.807, 2.05) is 13.8 Å². The summed E-state index contributed by atoms with van der Waals surface area (Å²) in [6.07, 6.45) is 1.89. The highest BCUT2D eigenvalue weighted by atomic mass is 16.3. The molecule has 31 heavy (non-hydrogen) atoms. The van der Waals surface area contributed by atoms with E-state index in [4.69, 9.17) is 0 Å². The number of carbonyl (C=O) groups is 1. The zero-order chi connectivity index (χ0) is 22.4.